The highest BCUT2D eigenvalue weighted by Gasteiger charge is 2.37. The van der Waals surface area contributed by atoms with Gasteiger partial charge in [0.1, 0.15) is 43.3 Å². The first-order chi connectivity index (χ1) is 31.2. The van der Waals surface area contributed by atoms with Gasteiger partial charge in [-0.15, -0.1) is 0 Å². The summed E-state index contributed by atoms with van der Waals surface area (Å²) in [6, 6.07) is 12.2. The highest BCUT2D eigenvalue weighted by Crippen LogP contribution is 2.45. The number of aliphatic carboxylic acids is 1. The Bertz CT molecular complexity index is 2420. The number of fused-ring (bicyclic) bond motifs is 5. The van der Waals surface area contributed by atoms with Gasteiger partial charge in [-0.1, -0.05) is 58.0 Å². The molecule has 0 fully saturated rings. The van der Waals surface area contributed by atoms with E-state index in [1.165, 1.54) is 44.4 Å². The third kappa shape index (κ3) is 12.1. The number of rotatable bonds is 16. The number of nitrogens with zero attached hydrogens (tertiary/aromatic N) is 3. The number of ketones is 2. The lowest BCUT2D eigenvalue weighted by Crippen LogP contribution is -2.46. The molecule has 11 N–H and O–H groups in total. The van der Waals surface area contributed by atoms with E-state index < -0.39 is 84.3 Å². The number of amides is 2. The Hall–Kier alpha value is -6.31. The Morgan fingerprint density at radius 2 is 1.53 bits per heavy atom. The number of nitrogens with two attached hydrogens (primary N) is 3. The molecule has 66 heavy (non-hydrogen) atoms. The summed E-state index contributed by atoms with van der Waals surface area (Å²) in [5.74, 6) is -6.39. The number of likely N-dealkylation sites (N-methyl/N-ethyl adjacent to an activating group) is 1. The summed E-state index contributed by atoms with van der Waals surface area (Å²) >= 11 is 0. The number of Topliss-reactive ketones (excluding diaryl/α,β-unsaturated/α-hetero) is 2. The van der Waals surface area contributed by atoms with Crippen LogP contribution in [0.3, 0.4) is 0 Å². The Kier molecular flexibility index (Phi) is 16.7. The largest absolute Gasteiger partial charge is 0.504 e. The summed E-state index contributed by atoms with van der Waals surface area (Å²) in [6.07, 6.45) is -1.93. The van der Waals surface area contributed by atoms with E-state index in [-0.39, 0.29) is 78.3 Å². The number of carbonyl (C=O) groups excluding carboxylic acids is 4. The lowest BCUT2D eigenvalue weighted by molar-refractivity contribution is -0.143. The van der Waals surface area contributed by atoms with Crippen molar-refractivity contribution in [3.63, 3.8) is 0 Å². The highest BCUT2D eigenvalue weighted by molar-refractivity contribution is 6.00. The van der Waals surface area contributed by atoms with Crippen LogP contribution in [0.25, 0.3) is 22.5 Å². The average Bonchev–Trinajstić information content (AvgIpc) is 3.28. The molecule has 0 saturated carbocycles. The fourth-order valence-electron chi connectivity index (χ4n) is 7.55. The van der Waals surface area contributed by atoms with Crippen LogP contribution in [0.15, 0.2) is 60.8 Å². The maximum absolute atomic E-state index is 14.7. The maximum atomic E-state index is 14.7. The van der Waals surface area contributed by atoms with Gasteiger partial charge in [-0.2, -0.15) is 0 Å². The topological polar surface area (TPSA) is 304 Å². The quantitative estimate of drug-likeness (QED) is 0.0750. The summed E-state index contributed by atoms with van der Waals surface area (Å²) < 4.78 is 11.8. The monoisotopic (exact) mass is 911 g/mol. The van der Waals surface area contributed by atoms with E-state index in [2.05, 4.69) is 36.1 Å². The molecule has 18 heteroatoms. The molecular weight excluding hydrogens is 851 g/mol. The number of ether oxygens (including phenoxy) is 2. The predicted octanol–water partition coefficient (Wildman–Crippen LogP) is 2.59. The van der Waals surface area contributed by atoms with Crippen LogP contribution in [-0.2, 0) is 31.0 Å². The van der Waals surface area contributed by atoms with Gasteiger partial charge in [0.2, 0.25) is 11.8 Å². The van der Waals surface area contributed by atoms with Gasteiger partial charge in [0.05, 0.1) is 17.2 Å². The Morgan fingerprint density at radius 1 is 0.894 bits per heavy atom. The minimum atomic E-state index is -1.52. The number of carbonyl (C=O) groups is 5. The van der Waals surface area contributed by atoms with Crippen molar-refractivity contribution in [3.8, 4) is 39.8 Å². The Balaban J connectivity index is 1.59. The van der Waals surface area contributed by atoms with Crippen molar-refractivity contribution in [1.82, 2.24) is 20.2 Å². The third-order valence-electron chi connectivity index (χ3n) is 11.6. The minimum absolute atomic E-state index is 0.00175. The number of hydrogen-bond acceptors (Lipinski definition) is 15. The molecule has 3 aromatic carbocycles. The van der Waals surface area contributed by atoms with Crippen LogP contribution in [0.1, 0.15) is 79.3 Å². The second kappa shape index (κ2) is 21.8. The number of benzene rings is 3. The van der Waals surface area contributed by atoms with Gasteiger partial charge in [-0.05, 0) is 53.3 Å². The van der Waals surface area contributed by atoms with E-state index in [1.807, 2.05) is 24.3 Å². The number of phenols is 1. The molecule has 0 unspecified atom stereocenters. The zero-order chi connectivity index (χ0) is 48.6. The van der Waals surface area contributed by atoms with Crippen LogP contribution in [0, 0.1) is 18.8 Å². The van der Waals surface area contributed by atoms with Crippen molar-refractivity contribution in [3.05, 3.63) is 88.7 Å². The number of aliphatic hydroxyl groups is 2. The molecule has 5 rings (SSSR count). The van der Waals surface area contributed by atoms with E-state index >= 15 is 0 Å². The number of aliphatic hydroxyl groups excluding tert-OH is 2. The number of carboxylic acid groups (broad SMARTS) is 1. The normalized spacial score (nSPS) is 18.0. The number of hydrogen-bond donors (Lipinski definition) is 8. The number of aryl methyl sites for hydroxylation is 1. The van der Waals surface area contributed by atoms with Crippen LogP contribution < -0.4 is 32.0 Å². The third-order valence-corrected chi connectivity index (χ3v) is 11.6. The molecule has 0 spiro atoms. The van der Waals surface area contributed by atoms with Crippen LogP contribution in [-0.4, -0.2) is 123 Å². The van der Waals surface area contributed by atoms with Gasteiger partial charge in [0.15, 0.2) is 28.9 Å². The predicted molar refractivity (Wildman–Crippen MR) is 245 cm³/mol. The van der Waals surface area contributed by atoms with Crippen molar-refractivity contribution < 1.29 is 53.9 Å². The van der Waals surface area contributed by atoms with E-state index in [1.54, 1.807) is 13.0 Å². The highest BCUT2D eigenvalue weighted by atomic mass is 16.5. The number of aromatic hydroxyl groups is 1. The summed E-state index contributed by atoms with van der Waals surface area (Å²) in [7, 11) is 1.34. The van der Waals surface area contributed by atoms with Crippen LogP contribution in [0.5, 0.6) is 17.2 Å². The number of nitrogens with one attached hydrogen (secondary N) is 1. The fraction of sp³-hybridized carbons (Fsp3) is 0.438. The van der Waals surface area contributed by atoms with Gasteiger partial charge in [-0.25, -0.2) is 14.8 Å². The zero-order valence-corrected chi connectivity index (χ0v) is 38.1. The molecule has 18 nitrogen and oxygen atoms in total. The van der Waals surface area contributed by atoms with Crippen molar-refractivity contribution >= 4 is 29.4 Å². The van der Waals surface area contributed by atoms with Gasteiger partial charge in [-0.3, -0.25) is 19.2 Å². The van der Waals surface area contributed by atoms with Crippen molar-refractivity contribution in [1.29, 1.82) is 0 Å². The summed E-state index contributed by atoms with van der Waals surface area (Å²) in [5.41, 5.74) is 20.5. The summed E-state index contributed by atoms with van der Waals surface area (Å²) in [5, 5.41) is 45.1. The molecular formula is C48H61N7O11. The molecule has 1 aliphatic heterocycles. The van der Waals surface area contributed by atoms with E-state index in [0.717, 1.165) is 16.0 Å². The number of phenolic OH excluding ortho intramolecular Hbond substituents is 1. The van der Waals surface area contributed by atoms with Crippen molar-refractivity contribution in [2.75, 3.05) is 39.9 Å². The molecule has 1 aromatic heterocycles. The second-order valence-electron chi connectivity index (χ2n) is 17.8. The van der Waals surface area contributed by atoms with Gasteiger partial charge in [0.25, 0.3) is 0 Å². The first-order valence-electron chi connectivity index (χ1n) is 21.7. The number of carboxylic acids is 1. The van der Waals surface area contributed by atoms with Crippen molar-refractivity contribution in [2.45, 2.75) is 83.6 Å². The first kappa shape index (κ1) is 50.7. The smallest absolute Gasteiger partial charge is 0.326 e. The lowest BCUT2D eigenvalue weighted by Gasteiger charge is -2.32. The average molecular weight is 912 g/mol. The Labute approximate surface area is 383 Å². The van der Waals surface area contributed by atoms with Gasteiger partial charge < -0.3 is 57.3 Å². The van der Waals surface area contributed by atoms with Gasteiger partial charge in [0, 0.05) is 74.7 Å². The van der Waals surface area contributed by atoms with E-state index in [9.17, 15) is 44.4 Å². The molecule has 2 amide bonds. The molecule has 0 saturated heterocycles. The SMILES string of the molecule is Cc1nc(-c2ccc(C(C)(C)C)cc2)ncc1C(=O)C[C@@H](CN)C(=O)N(C)[C@@H]1C(=O)C[C@@H](C)C(=O)N[C@H](C(=O)O)Cc2ccc(OC[C@H](O)CN)c(c2)-c2cc1cc(OC[C@H](O)CN)c2O. The molecule has 354 valence electrons. The summed E-state index contributed by atoms with van der Waals surface area (Å²) in [4.78, 5) is 79.3. The molecule has 0 radical (unpaired) electrons. The lowest BCUT2D eigenvalue weighted by atomic mass is 9.86. The zero-order valence-electron chi connectivity index (χ0n) is 38.1. The van der Waals surface area contributed by atoms with Crippen LogP contribution in [0.2, 0.25) is 0 Å². The second-order valence-corrected chi connectivity index (χ2v) is 17.8. The molecule has 6 atom stereocenters. The Morgan fingerprint density at radius 3 is 2.11 bits per heavy atom. The fourth-order valence-corrected chi connectivity index (χ4v) is 7.55. The maximum Gasteiger partial charge on any atom is 0.326 e. The molecule has 0 aliphatic carbocycles. The standard InChI is InChI=1S/C48H61N7O11/c1-25-13-39(59)42(55(6)46(62)30(19-49)17-38(58)36-22-52-44(53-26(36)2)28-8-10-31(11-9-28)48(3,4)5)29-16-35(43(60)41(18-29)66-24-33(57)21-51)34-14-27(15-37(47(63)64)54-45(25)61)7-12-40(34)65-23-32(56)20-50/h7-12,14,16,18,22,25,30,32-33,37,42,56-57,60H,13,15,17,19-21,23-24,49-51H2,1-6H3,(H,54,61)(H,63,64)/t25-,30+,32-,33-,37+,42+/m1/s1. The van der Waals surface area contributed by atoms with E-state index in [4.69, 9.17) is 26.7 Å². The van der Waals surface area contributed by atoms with Crippen molar-refractivity contribution in [2.24, 2.45) is 29.0 Å². The number of aromatic nitrogens is 2. The molecule has 4 bridgehead atoms. The van der Waals surface area contributed by atoms with E-state index in [0.29, 0.717) is 17.1 Å². The summed E-state index contributed by atoms with van der Waals surface area (Å²) in [6.45, 7) is 8.12. The van der Waals surface area contributed by atoms with Gasteiger partial charge >= 0.3 is 5.97 Å². The first-order valence-corrected chi connectivity index (χ1v) is 21.7. The molecule has 4 aromatic rings. The van der Waals surface area contributed by atoms with Crippen LogP contribution in [0.4, 0.5) is 0 Å². The molecule has 2 heterocycles. The minimum Gasteiger partial charge on any atom is -0.504 e. The molecule has 1 aliphatic rings. The van der Waals surface area contributed by atoms with Crippen LogP contribution >= 0.6 is 0 Å².